The van der Waals surface area contributed by atoms with Crippen molar-refractivity contribution in [2.24, 2.45) is 5.41 Å². The van der Waals surface area contributed by atoms with Crippen LogP contribution in [0.4, 0.5) is 0 Å². The average Bonchev–Trinajstić information content (AvgIpc) is 2.74. The van der Waals surface area contributed by atoms with E-state index in [4.69, 9.17) is 9.47 Å². The Kier molecular flexibility index (Phi) is 8.74. The van der Waals surface area contributed by atoms with Crippen LogP contribution in [0.15, 0.2) is 24.3 Å². The van der Waals surface area contributed by atoms with E-state index in [1.165, 1.54) is 0 Å². The van der Waals surface area contributed by atoms with Crippen LogP contribution in [-0.4, -0.2) is 81.7 Å². The topological polar surface area (TPSA) is 71.1 Å². The fourth-order valence-corrected chi connectivity index (χ4v) is 4.16. The number of nitrogens with one attached hydrogen (secondary N) is 1. The first-order chi connectivity index (χ1) is 13.6. The lowest BCUT2D eigenvalue weighted by Gasteiger charge is -2.42. The highest BCUT2D eigenvalue weighted by atomic mass is 35.5. The maximum Gasteiger partial charge on any atom is 0.231 e. The van der Waals surface area contributed by atoms with Crippen LogP contribution in [0.25, 0.3) is 0 Å². The molecule has 0 bridgehead atoms. The van der Waals surface area contributed by atoms with Gasteiger partial charge in [-0.25, -0.2) is 0 Å². The van der Waals surface area contributed by atoms with E-state index in [0.717, 1.165) is 37.2 Å². The van der Waals surface area contributed by atoms with Crippen molar-refractivity contribution >= 4 is 24.2 Å². The molecule has 0 saturated carbocycles. The van der Waals surface area contributed by atoms with E-state index in [-0.39, 0.29) is 24.2 Å². The van der Waals surface area contributed by atoms with Crippen molar-refractivity contribution in [3.63, 3.8) is 0 Å². The fraction of sp³-hybridized carbons (Fsp3) is 0.619. The zero-order valence-corrected chi connectivity index (χ0v) is 18.1. The summed E-state index contributed by atoms with van der Waals surface area (Å²) < 4.78 is 10.6. The molecule has 8 heteroatoms. The zero-order valence-electron chi connectivity index (χ0n) is 17.3. The van der Waals surface area contributed by atoms with E-state index in [0.29, 0.717) is 39.2 Å². The Morgan fingerprint density at radius 1 is 1.07 bits per heavy atom. The van der Waals surface area contributed by atoms with Crippen LogP contribution in [0.2, 0.25) is 0 Å². The summed E-state index contributed by atoms with van der Waals surface area (Å²) in [7, 11) is 3.28. The Bertz CT molecular complexity index is 681. The van der Waals surface area contributed by atoms with Crippen molar-refractivity contribution in [2.75, 3.05) is 60.1 Å². The van der Waals surface area contributed by atoms with Crippen molar-refractivity contribution in [1.29, 1.82) is 0 Å². The van der Waals surface area contributed by atoms with Crippen LogP contribution in [0.1, 0.15) is 18.4 Å². The number of methoxy groups -OCH3 is 2. The first-order valence-corrected chi connectivity index (χ1v) is 9.98. The van der Waals surface area contributed by atoms with Gasteiger partial charge in [-0.1, -0.05) is 12.1 Å². The monoisotopic (exact) mass is 425 g/mol. The third-order valence-corrected chi connectivity index (χ3v) is 5.84. The van der Waals surface area contributed by atoms with Crippen molar-refractivity contribution in [3.05, 3.63) is 29.8 Å². The molecule has 2 amide bonds. The van der Waals surface area contributed by atoms with Gasteiger partial charge in [0.2, 0.25) is 11.8 Å². The minimum absolute atomic E-state index is 0. The summed E-state index contributed by atoms with van der Waals surface area (Å²) in [5.41, 5.74) is 0.517. The summed E-state index contributed by atoms with van der Waals surface area (Å²) in [6.07, 6.45) is 1.95. The van der Waals surface area contributed by atoms with Gasteiger partial charge in [0.15, 0.2) is 0 Å². The molecule has 162 valence electrons. The molecule has 0 spiro atoms. The van der Waals surface area contributed by atoms with E-state index < -0.39 is 5.41 Å². The number of hydrogen-bond acceptors (Lipinski definition) is 5. The predicted octanol–water partition coefficient (Wildman–Crippen LogP) is 1.35. The number of nitrogens with zero attached hydrogens (tertiary/aromatic N) is 2. The smallest absolute Gasteiger partial charge is 0.231 e. The first kappa shape index (κ1) is 23.4. The highest BCUT2D eigenvalue weighted by Gasteiger charge is 2.43. The highest BCUT2D eigenvalue weighted by Crippen LogP contribution is 2.32. The molecule has 29 heavy (non-hydrogen) atoms. The lowest BCUT2D eigenvalue weighted by Crippen LogP contribution is -2.57. The minimum Gasteiger partial charge on any atom is -0.497 e. The van der Waals surface area contributed by atoms with Crippen molar-refractivity contribution < 1.29 is 19.1 Å². The Balaban J connectivity index is 0.00000300. The summed E-state index contributed by atoms with van der Waals surface area (Å²) in [6, 6.07) is 7.59. The molecular weight excluding hydrogens is 394 g/mol. The van der Waals surface area contributed by atoms with Gasteiger partial charge < -0.3 is 24.6 Å². The van der Waals surface area contributed by atoms with Crippen LogP contribution in [0, 0.1) is 5.41 Å². The third kappa shape index (κ3) is 5.62. The van der Waals surface area contributed by atoms with Crippen LogP contribution in [-0.2, 0) is 20.7 Å². The molecule has 1 aromatic rings. The molecule has 2 aliphatic heterocycles. The molecule has 2 fully saturated rings. The Morgan fingerprint density at radius 2 is 1.72 bits per heavy atom. The van der Waals surface area contributed by atoms with Gasteiger partial charge in [0.05, 0.1) is 25.6 Å². The molecule has 1 aromatic carbocycles. The Hall–Kier alpha value is -1.83. The highest BCUT2D eigenvalue weighted by molar-refractivity contribution is 5.85. The van der Waals surface area contributed by atoms with Crippen LogP contribution in [0.3, 0.4) is 0 Å². The number of rotatable bonds is 6. The number of amides is 2. The lowest BCUT2D eigenvalue weighted by atomic mass is 9.78. The standard InChI is InChI=1S/C21H31N3O4.ClH/c1-27-16-21(6-8-22-9-7-21)20(26)24-12-10-23(11-13-24)19(25)15-17-4-3-5-18(14-17)28-2;/h3-5,14,22H,6-13,15-16H2,1-2H3;1H. The molecule has 1 N–H and O–H groups in total. The molecule has 3 rings (SSSR count). The van der Waals surface area contributed by atoms with Crippen molar-refractivity contribution in [3.8, 4) is 5.75 Å². The van der Waals surface area contributed by atoms with Gasteiger partial charge in [0.25, 0.3) is 0 Å². The molecule has 2 saturated heterocycles. The van der Waals surface area contributed by atoms with E-state index >= 15 is 0 Å². The average molecular weight is 426 g/mol. The second-order valence-corrected chi connectivity index (χ2v) is 7.66. The second-order valence-electron chi connectivity index (χ2n) is 7.66. The molecule has 2 aliphatic rings. The zero-order chi connectivity index (χ0) is 20.0. The second kappa shape index (κ2) is 10.8. The van der Waals surface area contributed by atoms with Crippen LogP contribution < -0.4 is 10.1 Å². The molecule has 0 unspecified atom stereocenters. The quantitative estimate of drug-likeness (QED) is 0.744. The summed E-state index contributed by atoms with van der Waals surface area (Å²) in [5, 5.41) is 3.32. The third-order valence-electron chi connectivity index (χ3n) is 5.84. The molecule has 0 radical (unpaired) electrons. The number of carbonyl (C=O) groups excluding carboxylic acids is 2. The number of carbonyl (C=O) groups is 2. The number of piperidine rings is 1. The Morgan fingerprint density at radius 3 is 2.34 bits per heavy atom. The summed E-state index contributed by atoms with van der Waals surface area (Å²) >= 11 is 0. The van der Waals surface area contributed by atoms with Gasteiger partial charge in [0.1, 0.15) is 5.75 Å². The van der Waals surface area contributed by atoms with Gasteiger partial charge in [-0.05, 0) is 43.6 Å². The number of hydrogen-bond donors (Lipinski definition) is 1. The van der Waals surface area contributed by atoms with Crippen molar-refractivity contribution in [2.45, 2.75) is 19.3 Å². The largest absolute Gasteiger partial charge is 0.497 e. The molecule has 2 heterocycles. The molecule has 0 aromatic heterocycles. The molecule has 7 nitrogen and oxygen atoms in total. The van der Waals surface area contributed by atoms with Crippen LogP contribution in [0.5, 0.6) is 5.75 Å². The summed E-state index contributed by atoms with van der Waals surface area (Å²) in [5.74, 6) is 1.02. The first-order valence-electron chi connectivity index (χ1n) is 9.98. The van der Waals surface area contributed by atoms with Gasteiger partial charge in [-0.3, -0.25) is 9.59 Å². The SMILES string of the molecule is COCC1(C(=O)N2CCN(C(=O)Cc3cccc(OC)c3)CC2)CCNCC1.Cl. The normalized spacial score (nSPS) is 18.7. The van der Waals surface area contributed by atoms with E-state index in [1.54, 1.807) is 14.2 Å². The number of ether oxygens (including phenoxy) is 2. The molecular formula is C21H32ClN3O4. The van der Waals surface area contributed by atoms with E-state index in [2.05, 4.69) is 5.32 Å². The number of benzene rings is 1. The van der Waals surface area contributed by atoms with E-state index in [1.807, 2.05) is 34.1 Å². The fourth-order valence-electron chi connectivity index (χ4n) is 4.16. The molecule has 0 atom stereocenters. The lowest BCUT2D eigenvalue weighted by molar-refractivity contribution is -0.151. The van der Waals surface area contributed by atoms with Gasteiger partial charge in [-0.15, -0.1) is 12.4 Å². The number of halogens is 1. The van der Waals surface area contributed by atoms with Gasteiger partial charge in [-0.2, -0.15) is 0 Å². The van der Waals surface area contributed by atoms with Crippen LogP contribution >= 0.6 is 12.4 Å². The maximum absolute atomic E-state index is 13.2. The summed E-state index contributed by atoms with van der Waals surface area (Å²) in [4.78, 5) is 29.6. The van der Waals surface area contributed by atoms with Gasteiger partial charge in [0, 0.05) is 33.3 Å². The van der Waals surface area contributed by atoms with Crippen molar-refractivity contribution in [1.82, 2.24) is 15.1 Å². The predicted molar refractivity (Wildman–Crippen MR) is 114 cm³/mol. The maximum atomic E-state index is 13.2. The molecule has 0 aliphatic carbocycles. The Labute approximate surface area is 179 Å². The van der Waals surface area contributed by atoms with Gasteiger partial charge >= 0.3 is 0 Å². The summed E-state index contributed by atoms with van der Waals surface area (Å²) in [6.45, 7) is 4.47. The number of piperazine rings is 1. The van der Waals surface area contributed by atoms with E-state index in [9.17, 15) is 9.59 Å². The minimum atomic E-state index is -0.424.